The second kappa shape index (κ2) is 7.32. The molecule has 2 amide bonds. The highest BCUT2D eigenvalue weighted by atomic mass is 79.9. The van der Waals surface area contributed by atoms with Crippen molar-refractivity contribution in [2.45, 2.75) is 18.9 Å². The quantitative estimate of drug-likeness (QED) is 0.621. The zero-order valence-electron chi connectivity index (χ0n) is 16.0. The Morgan fingerprint density at radius 2 is 1.93 bits per heavy atom. The van der Waals surface area contributed by atoms with Crippen molar-refractivity contribution in [2.75, 3.05) is 20.4 Å². The molecular weight excluding hydrogens is 456 g/mol. The Morgan fingerprint density at radius 3 is 2.63 bits per heavy atom. The van der Waals surface area contributed by atoms with E-state index in [1.165, 1.54) is 4.90 Å². The minimum atomic E-state index is -0.301. The van der Waals surface area contributed by atoms with Crippen LogP contribution in [0.15, 0.2) is 40.0 Å². The summed E-state index contributed by atoms with van der Waals surface area (Å²) in [6.45, 7) is 0.267. The minimum absolute atomic E-state index is 0.120. The summed E-state index contributed by atoms with van der Waals surface area (Å²) in [5.41, 5.74) is 2.43. The summed E-state index contributed by atoms with van der Waals surface area (Å²) in [5.74, 6) is 1.17. The van der Waals surface area contributed by atoms with Gasteiger partial charge in [0.2, 0.25) is 12.5 Å². The molecule has 9 heteroatoms. The Labute approximate surface area is 180 Å². The van der Waals surface area contributed by atoms with E-state index in [0.29, 0.717) is 46.9 Å². The standard InChI is InChI=1S/C21H17BrN2O6/c1-27-19-17(22)11(7-16-18(19)29-10-28-16)6-13-8-12(23-30-13)9-24-20(25)14-4-2-3-5-15(14)21(24)26/h2-5,7,13H,6,8-10H2,1H3/t13-/m0/s1. The van der Waals surface area contributed by atoms with E-state index in [0.717, 1.165) is 10.0 Å². The Kier molecular flexibility index (Phi) is 4.62. The Morgan fingerprint density at radius 1 is 1.20 bits per heavy atom. The molecule has 0 aromatic heterocycles. The molecule has 3 heterocycles. The number of oxime groups is 1. The first-order chi connectivity index (χ1) is 14.6. The first kappa shape index (κ1) is 18.9. The Balaban J connectivity index is 1.28. The molecule has 3 aliphatic heterocycles. The lowest BCUT2D eigenvalue weighted by Gasteiger charge is -2.15. The van der Waals surface area contributed by atoms with Crippen LogP contribution >= 0.6 is 15.9 Å². The van der Waals surface area contributed by atoms with Crippen LogP contribution in [-0.4, -0.2) is 49.0 Å². The predicted octanol–water partition coefficient (Wildman–Crippen LogP) is 3.17. The van der Waals surface area contributed by atoms with Crippen LogP contribution in [0.5, 0.6) is 17.2 Å². The zero-order valence-corrected chi connectivity index (χ0v) is 17.6. The second-order valence-electron chi connectivity index (χ2n) is 7.15. The number of fused-ring (bicyclic) bond motifs is 2. The molecule has 0 saturated heterocycles. The van der Waals surface area contributed by atoms with Crippen molar-refractivity contribution >= 4 is 33.5 Å². The molecule has 0 fully saturated rings. The number of amides is 2. The summed E-state index contributed by atoms with van der Waals surface area (Å²) in [6, 6.07) is 8.71. The van der Waals surface area contributed by atoms with E-state index < -0.39 is 0 Å². The van der Waals surface area contributed by atoms with E-state index in [9.17, 15) is 9.59 Å². The number of hydrogen-bond donors (Lipinski definition) is 0. The first-order valence-corrected chi connectivity index (χ1v) is 10.2. The molecule has 0 bridgehead atoms. The number of nitrogens with zero attached hydrogens (tertiary/aromatic N) is 2. The van der Waals surface area contributed by atoms with Crippen LogP contribution in [0.4, 0.5) is 0 Å². The second-order valence-corrected chi connectivity index (χ2v) is 7.94. The molecule has 5 rings (SSSR count). The van der Waals surface area contributed by atoms with Gasteiger partial charge in [-0.3, -0.25) is 14.5 Å². The first-order valence-electron chi connectivity index (χ1n) is 9.38. The molecule has 0 radical (unpaired) electrons. The van der Waals surface area contributed by atoms with Gasteiger partial charge < -0.3 is 19.0 Å². The molecule has 1 atom stereocenters. The van der Waals surface area contributed by atoms with E-state index in [1.807, 2.05) is 6.07 Å². The summed E-state index contributed by atoms with van der Waals surface area (Å²) in [6.07, 6.45) is 0.829. The lowest BCUT2D eigenvalue weighted by molar-refractivity contribution is 0.0676. The van der Waals surface area contributed by atoms with Crippen molar-refractivity contribution in [3.05, 3.63) is 51.5 Å². The van der Waals surface area contributed by atoms with Crippen LogP contribution < -0.4 is 14.2 Å². The maximum atomic E-state index is 12.6. The fraction of sp³-hybridized carbons (Fsp3) is 0.286. The summed E-state index contributed by atoms with van der Waals surface area (Å²) >= 11 is 3.57. The van der Waals surface area contributed by atoms with Crippen LogP contribution in [0.1, 0.15) is 32.7 Å². The van der Waals surface area contributed by atoms with E-state index >= 15 is 0 Å². The molecule has 2 aromatic rings. The van der Waals surface area contributed by atoms with Gasteiger partial charge in [-0.15, -0.1) is 0 Å². The highest BCUT2D eigenvalue weighted by Gasteiger charge is 2.37. The van der Waals surface area contributed by atoms with Crippen LogP contribution in [0, 0.1) is 0 Å². The average molecular weight is 473 g/mol. The number of benzene rings is 2. The molecule has 0 saturated carbocycles. The number of carbonyl (C=O) groups is 2. The zero-order chi connectivity index (χ0) is 20.8. The number of imide groups is 1. The average Bonchev–Trinajstić information content (AvgIpc) is 3.45. The summed E-state index contributed by atoms with van der Waals surface area (Å²) in [4.78, 5) is 31.9. The highest BCUT2D eigenvalue weighted by molar-refractivity contribution is 9.10. The van der Waals surface area contributed by atoms with Gasteiger partial charge in [0.1, 0.15) is 6.10 Å². The molecule has 0 aliphatic carbocycles. The summed E-state index contributed by atoms with van der Waals surface area (Å²) in [5, 5.41) is 4.12. The van der Waals surface area contributed by atoms with Crippen molar-refractivity contribution in [3.63, 3.8) is 0 Å². The van der Waals surface area contributed by atoms with Crippen molar-refractivity contribution < 1.29 is 28.6 Å². The molecule has 0 unspecified atom stereocenters. The predicted molar refractivity (Wildman–Crippen MR) is 109 cm³/mol. The van der Waals surface area contributed by atoms with Gasteiger partial charge in [0, 0.05) is 12.8 Å². The number of halogens is 1. The van der Waals surface area contributed by atoms with Crippen molar-refractivity contribution in [1.82, 2.24) is 4.90 Å². The van der Waals surface area contributed by atoms with Gasteiger partial charge in [-0.2, -0.15) is 0 Å². The molecule has 8 nitrogen and oxygen atoms in total. The van der Waals surface area contributed by atoms with Gasteiger partial charge in [-0.25, -0.2) is 0 Å². The summed E-state index contributed by atoms with van der Waals surface area (Å²) < 4.78 is 17.2. The van der Waals surface area contributed by atoms with E-state index in [-0.39, 0.29) is 31.3 Å². The molecular formula is C21H17BrN2O6. The van der Waals surface area contributed by atoms with Crippen LogP contribution in [-0.2, 0) is 11.3 Å². The van der Waals surface area contributed by atoms with Crippen molar-refractivity contribution in [1.29, 1.82) is 0 Å². The number of ether oxygens (including phenoxy) is 3. The van der Waals surface area contributed by atoms with Crippen LogP contribution in [0.3, 0.4) is 0 Å². The monoisotopic (exact) mass is 472 g/mol. The van der Waals surface area contributed by atoms with E-state index in [1.54, 1.807) is 31.4 Å². The molecule has 0 N–H and O–H groups in total. The highest BCUT2D eigenvalue weighted by Crippen LogP contribution is 2.47. The largest absolute Gasteiger partial charge is 0.492 e. The maximum Gasteiger partial charge on any atom is 0.261 e. The lowest BCUT2D eigenvalue weighted by Crippen LogP contribution is -2.34. The third-order valence-electron chi connectivity index (χ3n) is 5.30. The molecule has 0 spiro atoms. The fourth-order valence-corrected chi connectivity index (χ4v) is 4.49. The number of methoxy groups -OCH3 is 1. The fourth-order valence-electron chi connectivity index (χ4n) is 3.87. The maximum absolute atomic E-state index is 12.6. The summed E-state index contributed by atoms with van der Waals surface area (Å²) in [7, 11) is 1.57. The third kappa shape index (κ3) is 3.00. The molecule has 154 valence electrons. The topological polar surface area (TPSA) is 86.7 Å². The molecule has 2 aromatic carbocycles. The van der Waals surface area contributed by atoms with Crippen molar-refractivity contribution in [2.24, 2.45) is 5.16 Å². The number of hydrogen-bond acceptors (Lipinski definition) is 7. The lowest BCUT2D eigenvalue weighted by atomic mass is 10.0. The number of carbonyl (C=O) groups excluding carboxylic acids is 2. The molecule has 30 heavy (non-hydrogen) atoms. The van der Waals surface area contributed by atoms with Gasteiger partial charge in [0.25, 0.3) is 11.8 Å². The number of rotatable bonds is 5. The Hall–Kier alpha value is -3.07. The minimum Gasteiger partial charge on any atom is -0.492 e. The molecule has 3 aliphatic rings. The van der Waals surface area contributed by atoms with Gasteiger partial charge in [0.15, 0.2) is 11.5 Å². The SMILES string of the molecule is COc1c(Br)c(C[C@H]2CC(CN3C(=O)c4ccccc4C3=O)=NO2)cc2c1OCO2. The van der Waals surface area contributed by atoms with Gasteiger partial charge in [0.05, 0.1) is 35.0 Å². The third-order valence-corrected chi connectivity index (χ3v) is 6.17. The van der Waals surface area contributed by atoms with Crippen molar-refractivity contribution in [3.8, 4) is 17.2 Å². The van der Waals surface area contributed by atoms with E-state index in [2.05, 4.69) is 21.1 Å². The van der Waals surface area contributed by atoms with Crippen LogP contribution in [0.25, 0.3) is 0 Å². The van der Waals surface area contributed by atoms with Gasteiger partial charge in [-0.1, -0.05) is 17.3 Å². The normalized spacial score (nSPS) is 19.1. The smallest absolute Gasteiger partial charge is 0.261 e. The van der Waals surface area contributed by atoms with E-state index in [4.69, 9.17) is 19.0 Å². The van der Waals surface area contributed by atoms with Gasteiger partial charge >= 0.3 is 0 Å². The van der Waals surface area contributed by atoms with Crippen LogP contribution in [0.2, 0.25) is 0 Å². The van der Waals surface area contributed by atoms with Gasteiger partial charge in [-0.05, 0) is 39.7 Å². The Bertz CT molecular complexity index is 1060.